The van der Waals surface area contributed by atoms with Gasteiger partial charge in [0.2, 0.25) is 5.91 Å². The van der Waals surface area contributed by atoms with Gasteiger partial charge in [0, 0.05) is 19.7 Å². The van der Waals surface area contributed by atoms with Crippen LogP contribution in [-0.2, 0) is 14.3 Å². The fraction of sp³-hybridized carbons (Fsp3) is 0.556. The van der Waals surface area contributed by atoms with E-state index in [4.69, 9.17) is 4.74 Å². The second kappa shape index (κ2) is 6.32. The molecule has 2 heterocycles. The largest absolute Gasteiger partial charge is 0.481 e. The second-order valence-electron chi connectivity index (χ2n) is 6.83. The highest BCUT2D eigenvalue weighted by atomic mass is 16.5. The summed E-state index contributed by atoms with van der Waals surface area (Å²) in [6, 6.07) is 9.82. The zero-order valence-electron chi connectivity index (χ0n) is 13.4. The van der Waals surface area contributed by atoms with Gasteiger partial charge in [0.15, 0.2) is 0 Å². The molecule has 23 heavy (non-hydrogen) atoms. The van der Waals surface area contributed by atoms with E-state index in [2.05, 4.69) is 0 Å². The van der Waals surface area contributed by atoms with Crippen molar-refractivity contribution in [2.24, 2.45) is 11.3 Å². The lowest BCUT2D eigenvalue weighted by atomic mass is 9.88. The van der Waals surface area contributed by atoms with Crippen molar-refractivity contribution < 1.29 is 19.4 Å². The molecule has 1 aromatic rings. The molecule has 0 radical (unpaired) electrons. The number of aliphatic carboxylic acids is 1. The number of likely N-dealkylation sites (tertiary alicyclic amines) is 1. The molecule has 124 valence electrons. The molecule has 5 nitrogen and oxygen atoms in total. The Morgan fingerprint density at radius 3 is 2.70 bits per heavy atom. The first-order valence-electron chi connectivity index (χ1n) is 8.20. The number of carboxylic acid groups (broad SMARTS) is 1. The Morgan fingerprint density at radius 1 is 1.30 bits per heavy atom. The highest BCUT2D eigenvalue weighted by Crippen LogP contribution is 2.37. The minimum atomic E-state index is -0.827. The van der Waals surface area contributed by atoms with Crippen molar-refractivity contribution in [2.75, 3.05) is 19.7 Å². The first-order valence-corrected chi connectivity index (χ1v) is 8.20. The molecule has 2 aliphatic rings. The van der Waals surface area contributed by atoms with Crippen molar-refractivity contribution in [2.45, 2.75) is 32.3 Å². The minimum Gasteiger partial charge on any atom is -0.481 e. The zero-order valence-corrected chi connectivity index (χ0v) is 13.4. The molecule has 0 aromatic heterocycles. The molecule has 0 spiro atoms. The summed E-state index contributed by atoms with van der Waals surface area (Å²) in [4.78, 5) is 26.1. The summed E-state index contributed by atoms with van der Waals surface area (Å²) in [5.74, 6) is -1.02. The van der Waals surface area contributed by atoms with Crippen LogP contribution in [0.25, 0.3) is 0 Å². The number of ether oxygens (including phenoxy) is 1. The summed E-state index contributed by atoms with van der Waals surface area (Å²) in [5, 5.41) is 9.35. The van der Waals surface area contributed by atoms with Crippen LogP contribution in [0.3, 0.4) is 0 Å². The maximum atomic E-state index is 12.9. The molecule has 1 amide bonds. The van der Waals surface area contributed by atoms with Gasteiger partial charge in [-0.15, -0.1) is 0 Å². The molecule has 5 heteroatoms. The van der Waals surface area contributed by atoms with Gasteiger partial charge in [-0.1, -0.05) is 30.3 Å². The summed E-state index contributed by atoms with van der Waals surface area (Å²) < 4.78 is 5.89. The molecule has 3 atom stereocenters. The Balaban J connectivity index is 1.76. The van der Waals surface area contributed by atoms with Gasteiger partial charge in [-0.3, -0.25) is 9.59 Å². The number of carbonyl (C=O) groups excluding carboxylic acids is 1. The molecule has 3 rings (SSSR count). The van der Waals surface area contributed by atoms with E-state index >= 15 is 0 Å². The average molecular weight is 317 g/mol. The number of amides is 1. The number of hydrogen-bond donors (Lipinski definition) is 1. The highest BCUT2D eigenvalue weighted by molar-refractivity contribution is 5.82. The Bertz CT molecular complexity index is 588. The molecule has 1 N–H and O–H groups in total. The van der Waals surface area contributed by atoms with Crippen LogP contribution in [0.1, 0.15) is 37.9 Å². The van der Waals surface area contributed by atoms with E-state index in [1.54, 1.807) is 11.8 Å². The van der Waals surface area contributed by atoms with E-state index < -0.39 is 11.4 Å². The highest BCUT2D eigenvalue weighted by Gasteiger charge is 2.45. The van der Waals surface area contributed by atoms with Crippen LogP contribution in [0.5, 0.6) is 0 Å². The predicted molar refractivity (Wildman–Crippen MR) is 84.8 cm³/mol. The van der Waals surface area contributed by atoms with Gasteiger partial charge < -0.3 is 14.7 Å². The molecule has 2 saturated heterocycles. The van der Waals surface area contributed by atoms with E-state index in [0.717, 1.165) is 18.4 Å². The fourth-order valence-corrected chi connectivity index (χ4v) is 3.56. The van der Waals surface area contributed by atoms with Gasteiger partial charge in [0.05, 0.1) is 17.4 Å². The average Bonchev–Trinajstić information content (AvgIpc) is 2.99. The topological polar surface area (TPSA) is 66.8 Å². The number of carbonyl (C=O) groups is 2. The summed E-state index contributed by atoms with van der Waals surface area (Å²) in [5.41, 5.74) is 0.193. The second-order valence-corrected chi connectivity index (χ2v) is 6.83. The third-order valence-electron chi connectivity index (χ3n) is 5.07. The number of hydrogen-bond acceptors (Lipinski definition) is 3. The van der Waals surface area contributed by atoms with Crippen LogP contribution in [0.4, 0.5) is 0 Å². The van der Waals surface area contributed by atoms with Gasteiger partial charge in [0.1, 0.15) is 0 Å². The Kier molecular flexibility index (Phi) is 4.39. The lowest BCUT2D eigenvalue weighted by Crippen LogP contribution is -2.41. The number of rotatable bonds is 3. The van der Waals surface area contributed by atoms with Crippen LogP contribution in [-0.4, -0.2) is 41.6 Å². The van der Waals surface area contributed by atoms with Crippen molar-refractivity contribution in [3.05, 3.63) is 35.9 Å². The molecule has 2 aliphatic heterocycles. The summed E-state index contributed by atoms with van der Waals surface area (Å²) in [6.07, 6.45) is 1.94. The van der Waals surface area contributed by atoms with E-state index in [1.807, 2.05) is 30.3 Å². The van der Waals surface area contributed by atoms with Crippen molar-refractivity contribution in [3.8, 4) is 0 Å². The van der Waals surface area contributed by atoms with E-state index in [9.17, 15) is 14.7 Å². The SMILES string of the molecule is C[C@]1(C(=O)O)CCN(C(=O)[C@H]2CCCO[C@@H]2c2ccccc2)C1. The first-order chi connectivity index (χ1) is 11.0. The van der Waals surface area contributed by atoms with Crippen LogP contribution in [0.15, 0.2) is 30.3 Å². The third kappa shape index (κ3) is 3.11. The van der Waals surface area contributed by atoms with Gasteiger partial charge in [-0.2, -0.15) is 0 Å². The minimum absolute atomic E-state index is 0.0310. The first kappa shape index (κ1) is 16.0. The molecular formula is C18H23NO4. The normalized spacial score (nSPS) is 31.1. The van der Waals surface area contributed by atoms with E-state index in [0.29, 0.717) is 26.1 Å². The molecule has 0 unspecified atom stereocenters. The quantitative estimate of drug-likeness (QED) is 0.930. The standard InChI is InChI=1S/C18H23NO4/c1-18(17(21)22)9-10-19(12-18)16(20)14-8-5-11-23-15(14)13-6-3-2-4-7-13/h2-4,6-7,14-15H,5,8-12H2,1H3,(H,21,22)/t14-,15+,18-/m0/s1. The number of carboxylic acids is 1. The Morgan fingerprint density at radius 2 is 2.04 bits per heavy atom. The van der Waals surface area contributed by atoms with Crippen molar-refractivity contribution in [1.29, 1.82) is 0 Å². The van der Waals surface area contributed by atoms with Gasteiger partial charge in [-0.25, -0.2) is 0 Å². The smallest absolute Gasteiger partial charge is 0.311 e. The summed E-state index contributed by atoms with van der Waals surface area (Å²) >= 11 is 0. The number of nitrogens with zero attached hydrogens (tertiary/aromatic N) is 1. The third-order valence-corrected chi connectivity index (χ3v) is 5.07. The fourth-order valence-electron chi connectivity index (χ4n) is 3.56. The molecule has 0 saturated carbocycles. The van der Waals surface area contributed by atoms with E-state index in [1.165, 1.54) is 0 Å². The van der Waals surface area contributed by atoms with Crippen LogP contribution >= 0.6 is 0 Å². The molecule has 0 aliphatic carbocycles. The predicted octanol–water partition coefficient (Wildman–Crippen LogP) is 2.48. The maximum Gasteiger partial charge on any atom is 0.311 e. The van der Waals surface area contributed by atoms with Gasteiger partial charge in [-0.05, 0) is 31.7 Å². The zero-order chi connectivity index (χ0) is 16.4. The van der Waals surface area contributed by atoms with Crippen molar-refractivity contribution in [3.63, 3.8) is 0 Å². The summed E-state index contributed by atoms with van der Waals surface area (Å²) in [7, 11) is 0. The lowest BCUT2D eigenvalue weighted by Gasteiger charge is -2.34. The molecule has 2 fully saturated rings. The summed E-state index contributed by atoms with van der Waals surface area (Å²) in [6.45, 7) is 3.18. The molecule has 0 bridgehead atoms. The van der Waals surface area contributed by atoms with Crippen LogP contribution in [0, 0.1) is 11.3 Å². The van der Waals surface area contributed by atoms with Crippen molar-refractivity contribution in [1.82, 2.24) is 4.90 Å². The lowest BCUT2D eigenvalue weighted by molar-refractivity contribution is -0.149. The van der Waals surface area contributed by atoms with Crippen LogP contribution in [0.2, 0.25) is 0 Å². The number of benzene rings is 1. The van der Waals surface area contributed by atoms with Gasteiger partial charge in [0.25, 0.3) is 0 Å². The van der Waals surface area contributed by atoms with Gasteiger partial charge >= 0.3 is 5.97 Å². The Labute approximate surface area is 136 Å². The molecular weight excluding hydrogens is 294 g/mol. The van der Waals surface area contributed by atoms with E-state index in [-0.39, 0.29) is 17.9 Å². The molecule has 1 aromatic carbocycles. The van der Waals surface area contributed by atoms with Crippen molar-refractivity contribution >= 4 is 11.9 Å². The monoisotopic (exact) mass is 317 g/mol. The Hall–Kier alpha value is -1.88. The maximum absolute atomic E-state index is 12.9. The van der Waals surface area contributed by atoms with Crippen LogP contribution < -0.4 is 0 Å².